The molecule has 63 heavy (non-hydrogen) atoms. The fourth-order valence-electron chi connectivity index (χ4n) is 7.23. The summed E-state index contributed by atoms with van der Waals surface area (Å²) >= 11 is 0. The topological polar surface area (TPSA) is 310 Å². The Morgan fingerprint density at radius 3 is 2.03 bits per heavy atom. The lowest BCUT2D eigenvalue weighted by Gasteiger charge is -2.29. The number of aliphatic carboxylic acids is 3. The molecule has 0 saturated heterocycles. The van der Waals surface area contributed by atoms with Gasteiger partial charge in [0.25, 0.3) is 5.91 Å². The molecule has 20 heteroatoms. The molecule has 3 aromatic rings. The fourth-order valence-corrected chi connectivity index (χ4v) is 7.23. The van der Waals surface area contributed by atoms with Crippen LogP contribution in [0, 0.1) is 11.8 Å². The summed E-state index contributed by atoms with van der Waals surface area (Å²) in [6.45, 7) is 5.75. The van der Waals surface area contributed by atoms with Crippen molar-refractivity contribution in [2.45, 2.75) is 109 Å². The number of unbranched alkanes of at least 4 members (excludes halogenated alkanes) is 1. The fraction of sp³-hybridized carbons (Fsp3) is 0.488. The maximum absolute atomic E-state index is 13.9. The Morgan fingerprint density at radius 2 is 1.43 bits per heavy atom. The molecule has 1 fully saturated rings. The summed E-state index contributed by atoms with van der Waals surface area (Å²) in [5.41, 5.74) is 4.06. The standard InChI is InChI=1S/C43H58N8O12/c1-43(2,3)63-42(62)51-24-28(30-8-4-5-10-34(30)51)22-33(47-37(55)27-13-11-25(12-14-27)23-46-36(54)26-15-17-29(50-44)18-16-26)38(56)45-21-7-6-9-31(39(57)58)48-41(61)49-32(40(59)60)19-20-35(52)53/h4-5,8,10,15-18,24-25,27,31-33,50H,6-7,9,11-14,19-23,44H2,1-3H3,(H,45,56)(H,46,54)(H,47,55)(H,52,53)(H,57,58)(H,59,60)(H2,48,49,61). The van der Waals surface area contributed by atoms with Crippen LogP contribution in [0.3, 0.4) is 0 Å². The molecule has 3 unspecified atom stereocenters. The number of hydrazine groups is 1. The van der Waals surface area contributed by atoms with Crippen molar-refractivity contribution in [3.63, 3.8) is 0 Å². The highest BCUT2D eigenvalue weighted by Crippen LogP contribution is 2.29. The van der Waals surface area contributed by atoms with Gasteiger partial charge in [0.05, 0.1) is 5.52 Å². The molecule has 4 rings (SSSR count). The number of fused-ring (bicyclic) bond motifs is 1. The third kappa shape index (κ3) is 15.3. The molecule has 0 bridgehead atoms. The van der Waals surface area contributed by atoms with E-state index < -0.39 is 78.4 Å². The van der Waals surface area contributed by atoms with Gasteiger partial charge >= 0.3 is 30.0 Å². The number of urea groups is 1. The summed E-state index contributed by atoms with van der Waals surface area (Å²) in [6, 6.07) is 8.71. The van der Waals surface area contributed by atoms with Crippen molar-refractivity contribution in [3.8, 4) is 0 Å². The van der Waals surface area contributed by atoms with E-state index in [1.54, 1.807) is 75.5 Å². The van der Waals surface area contributed by atoms with Crippen LogP contribution in [0.5, 0.6) is 0 Å². The molecule has 5 amide bonds. The second-order valence-corrected chi connectivity index (χ2v) is 16.6. The van der Waals surface area contributed by atoms with Crippen LogP contribution in [-0.2, 0) is 35.1 Å². The molecule has 1 aromatic heterocycles. The number of carboxylic acids is 3. The summed E-state index contributed by atoms with van der Waals surface area (Å²) in [6.07, 6.45) is 2.87. The number of amides is 5. The van der Waals surface area contributed by atoms with Gasteiger partial charge in [-0.3, -0.25) is 29.6 Å². The molecule has 1 aliphatic rings. The Hall–Kier alpha value is -6.70. The van der Waals surface area contributed by atoms with Crippen LogP contribution in [0.4, 0.5) is 15.3 Å². The predicted octanol–water partition coefficient (Wildman–Crippen LogP) is 3.33. The number of anilines is 1. The normalized spacial score (nSPS) is 16.4. The van der Waals surface area contributed by atoms with Crippen molar-refractivity contribution in [1.29, 1.82) is 0 Å². The first-order valence-electron chi connectivity index (χ1n) is 20.8. The van der Waals surface area contributed by atoms with Crippen molar-refractivity contribution >= 4 is 64.3 Å². The number of ether oxygens (including phenoxy) is 1. The number of para-hydroxylation sites is 1. The zero-order chi connectivity index (χ0) is 46.3. The molecule has 0 radical (unpaired) electrons. The van der Waals surface area contributed by atoms with Gasteiger partial charge in [-0.05, 0) is 114 Å². The van der Waals surface area contributed by atoms with Crippen LogP contribution in [0.15, 0.2) is 54.7 Å². The number of rotatable bonds is 21. The Labute approximate surface area is 364 Å². The maximum atomic E-state index is 13.9. The molecule has 0 aliphatic heterocycles. The minimum absolute atomic E-state index is 0.0154. The number of nitrogens with two attached hydrogens (primary N) is 1. The Morgan fingerprint density at radius 1 is 0.794 bits per heavy atom. The Balaban J connectivity index is 1.39. The van der Waals surface area contributed by atoms with Crippen LogP contribution in [0.25, 0.3) is 10.9 Å². The van der Waals surface area contributed by atoms with E-state index in [0.29, 0.717) is 59.9 Å². The lowest BCUT2D eigenvalue weighted by Crippen LogP contribution is -2.51. The second-order valence-electron chi connectivity index (χ2n) is 16.6. The minimum atomic E-state index is -1.55. The molecular formula is C43H58N8O12. The van der Waals surface area contributed by atoms with E-state index in [2.05, 4.69) is 32.0 Å². The third-order valence-corrected chi connectivity index (χ3v) is 10.6. The third-order valence-electron chi connectivity index (χ3n) is 10.6. The molecule has 3 atom stereocenters. The molecule has 342 valence electrons. The Bertz CT molecular complexity index is 2110. The van der Waals surface area contributed by atoms with Crippen LogP contribution >= 0.6 is 0 Å². The average molecular weight is 879 g/mol. The van der Waals surface area contributed by atoms with E-state index in [1.807, 2.05) is 0 Å². The van der Waals surface area contributed by atoms with E-state index in [4.69, 9.17) is 15.7 Å². The quantitative estimate of drug-likeness (QED) is 0.0417. The first-order valence-corrected chi connectivity index (χ1v) is 20.8. The van der Waals surface area contributed by atoms with Gasteiger partial charge in [-0.25, -0.2) is 19.2 Å². The Kier molecular flexibility index (Phi) is 17.8. The van der Waals surface area contributed by atoms with Gasteiger partial charge < -0.3 is 52.1 Å². The van der Waals surface area contributed by atoms with E-state index >= 15 is 0 Å². The second kappa shape index (κ2) is 22.9. The number of carbonyl (C=O) groups is 8. The monoisotopic (exact) mass is 878 g/mol. The number of nitrogen functional groups attached to an aromatic ring is 1. The van der Waals surface area contributed by atoms with Crippen LogP contribution < -0.4 is 37.9 Å². The predicted molar refractivity (Wildman–Crippen MR) is 229 cm³/mol. The molecular weight excluding hydrogens is 821 g/mol. The molecule has 11 N–H and O–H groups in total. The van der Waals surface area contributed by atoms with Crippen molar-refractivity contribution in [2.24, 2.45) is 17.7 Å². The summed E-state index contributed by atoms with van der Waals surface area (Å²) < 4.78 is 6.99. The zero-order valence-electron chi connectivity index (χ0n) is 35.6. The van der Waals surface area contributed by atoms with Crippen molar-refractivity contribution in [3.05, 3.63) is 65.9 Å². The minimum Gasteiger partial charge on any atom is -0.481 e. The number of hydrogen-bond donors (Lipinski definition) is 10. The van der Waals surface area contributed by atoms with Crippen LogP contribution in [0.2, 0.25) is 0 Å². The summed E-state index contributed by atoms with van der Waals surface area (Å²) in [7, 11) is 0. The maximum Gasteiger partial charge on any atom is 0.419 e. The smallest absolute Gasteiger partial charge is 0.419 e. The number of aromatic nitrogens is 1. The van der Waals surface area contributed by atoms with E-state index in [9.17, 15) is 48.6 Å². The van der Waals surface area contributed by atoms with E-state index in [0.717, 1.165) is 0 Å². The molecule has 2 aromatic carbocycles. The van der Waals surface area contributed by atoms with Crippen molar-refractivity contribution in [2.75, 3.05) is 18.5 Å². The first-order chi connectivity index (χ1) is 29.8. The van der Waals surface area contributed by atoms with Gasteiger partial charge in [-0.2, -0.15) is 0 Å². The SMILES string of the molecule is CC(C)(C)OC(=O)n1cc(CC(NC(=O)C2CCC(CNC(=O)c3ccc(NN)cc3)CC2)C(=O)NCCCCC(NC(=O)NC(CCC(=O)O)C(=O)O)C(=O)O)c2ccccc21. The molecule has 20 nitrogen and oxygen atoms in total. The number of hydrogen-bond acceptors (Lipinski definition) is 11. The number of nitrogens with zero attached hydrogens (tertiary/aromatic N) is 1. The zero-order valence-corrected chi connectivity index (χ0v) is 35.6. The number of nitrogens with one attached hydrogen (secondary N) is 6. The van der Waals surface area contributed by atoms with Crippen LogP contribution in [-0.4, -0.2) is 104 Å². The highest BCUT2D eigenvalue weighted by atomic mass is 16.6. The summed E-state index contributed by atoms with van der Waals surface area (Å²) in [5.74, 6) is -0.0150. The number of benzene rings is 2. The average Bonchev–Trinajstić information content (AvgIpc) is 3.61. The highest BCUT2D eigenvalue weighted by Gasteiger charge is 2.31. The lowest BCUT2D eigenvalue weighted by molar-refractivity contribution is -0.141. The highest BCUT2D eigenvalue weighted by molar-refractivity contribution is 5.95. The van der Waals surface area contributed by atoms with Gasteiger partial charge in [-0.15, -0.1) is 0 Å². The molecule has 0 spiro atoms. The summed E-state index contributed by atoms with van der Waals surface area (Å²) in [4.78, 5) is 100. The largest absolute Gasteiger partial charge is 0.481 e. The van der Waals surface area contributed by atoms with Crippen molar-refractivity contribution in [1.82, 2.24) is 31.2 Å². The van der Waals surface area contributed by atoms with Gasteiger partial charge in [0.15, 0.2) is 0 Å². The lowest BCUT2D eigenvalue weighted by atomic mass is 9.81. The van der Waals surface area contributed by atoms with Gasteiger partial charge in [0.1, 0.15) is 23.7 Å². The number of carbonyl (C=O) groups excluding carboxylic acids is 5. The van der Waals surface area contributed by atoms with Crippen molar-refractivity contribution < 1.29 is 58.4 Å². The molecule has 1 aliphatic carbocycles. The van der Waals surface area contributed by atoms with Gasteiger partial charge in [0, 0.05) is 54.7 Å². The molecule has 1 saturated carbocycles. The van der Waals surface area contributed by atoms with Gasteiger partial charge in [-0.1, -0.05) is 18.2 Å². The van der Waals surface area contributed by atoms with E-state index in [1.165, 1.54) is 4.57 Å². The number of carboxylic acid groups (broad SMARTS) is 3. The van der Waals surface area contributed by atoms with Crippen LogP contribution in [0.1, 0.15) is 94.5 Å². The van der Waals surface area contributed by atoms with E-state index in [-0.39, 0.29) is 50.0 Å². The molecule has 1 heterocycles. The van der Waals surface area contributed by atoms with Gasteiger partial charge in [0.2, 0.25) is 11.8 Å². The first kappa shape index (κ1) is 49.0. The summed E-state index contributed by atoms with van der Waals surface area (Å²) in [5, 5.41) is 41.5.